The minimum atomic E-state index is -4.67. The summed E-state index contributed by atoms with van der Waals surface area (Å²) < 4.78 is 46.3. The van der Waals surface area contributed by atoms with E-state index >= 15 is 0 Å². The van der Waals surface area contributed by atoms with Crippen molar-refractivity contribution in [2.24, 2.45) is 0 Å². The molecule has 0 N–H and O–H groups in total. The molecule has 0 radical (unpaired) electrons. The lowest BCUT2D eigenvalue weighted by molar-refractivity contribution is -0.137. The Balaban J connectivity index is 1.21. The third kappa shape index (κ3) is 7.29. The monoisotopic (exact) mass is 930 g/mol. The van der Waals surface area contributed by atoms with E-state index in [4.69, 9.17) is 0 Å². The van der Waals surface area contributed by atoms with E-state index in [1.54, 1.807) is 48.5 Å². The minimum absolute atomic E-state index is 0.159. The molecule has 2 heterocycles. The van der Waals surface area contributed by atoms with E-state index in [2.05, 4.69) is 39.5 Å². The van der Waals surface area contributed by atoms with Gasteiger partial charge in [0.1, 0.15) is 0 Å². The number of alkyl halides is 3. The lowest BCUT2D eigenvalue weighted by atomic mass is 9.92. The molecular formula is C61H29F3N8. The lowest BCUT2D eigenvalue weighted by Gasteiger charge is -2.20. The highest BCUT2D eigenvalue weighted by Crippen LogP contribution is 2.45. The molecule has 0 amide bonds. The van der Waals surface area contributed by atoms with Gasteiger partial charge in [0, 0.05) is 32.7 Å². The van der Waals surface area contributed by atoms with Crippen LogP contribution in [0, 0.1) is 68.0 Å². The van der Waals surface area contributed by atoms with E-state index < -0.39 is 11.7 Å². The first-order valence-electron chi connectivity index (χ1n) is 22.3. The first kappa shape index (κ1) is 43.9. The third-order valence-electron chi connectivity index (χ3n) is 13.1. The maximum absolute atomic E-state index is 14.0. The first-order chi connectivity index (χ1) is 35.0. The van der Waals surface area contributed by atoms with Crippen LogP contribution in [0.3, 0.4) is 0 Å². The number of hydrogen-bond acceptors (Lipinski definition) is 6. The van der Waals surface area contributed by atoms with Gasteiger partial charge in [0.05, 0.1) is 109 Å². The van der Waals surface area contributed by atoms with Crippen LogP contribution in [0.4, 0.5) is 13.2 Å². The molecule has 0 unspecified atom stereocenters. The molecule has 0 aliphatic heterocycles. The van der Waals surface area contributed by atoms with Gasteiger partial charge < -0.3 is 9.13 Å². The standard InChI is InChI=1S/C61H29F3N8/c62-61(63,64)47-13-15-48(46(26-47)35-70)43-12-18-58(71-55-7-3-1-5-49(55)52-27-41(10-16-57(52)71)44-21-37(31-66)19-38(22-44)32-67)54(29-43)51-14-9-36(30-65)25-60(51)72-56-8-4-2-6-50(56)53-28-42(11-17-59(53)72)45-23-39(33-68)20-40(24-45)34-69/h1-29H. The Morgan fingerprint density at radius 1 is 0.319 bits per heavy atom. The predicted octanol–water partition coefficient (Wildman–Crippen LogP) is 14.8. The molecule has 2 aromatic heterocycles. The zero-order valence-electron chi connectivity index (χ0n) is 37.5. The van der Waals surface area contributed by atoms with E-state index in [-0.39, 0.29) is 5.56 Å². The Labute approximate surface area is 409 Å². The van der Waals surface area contributed by atoms with Crippen molar-refractivity contribution in [3.63, 3.8) is 0 Å². The Hall–Kier alpha value is -10.7. The molecule has 11 rings (SSSR count). The number of aromatic nitrogens is 2. The summed E-state index contributed by atoms with van der Waals surface area (Å²) in [4.78, 5) is 0. The molecule has 0 fully saturated rings. The second-order valence-electron chi connectivity index (χ2n) is 17.2. The van der Waals surface area contributed by atoms with Gasteiger partial charge in [-0.05, 0) is 143 Å². The van der Waals surface area contributed by atoms with Crippen LogP contribution in [0.25, 0.3) is 99.5 Å². The molecule has 0 saturated carbocycles. The fourth-order valence-corrected chi connectivity index (χ4v) is 9.86. The number of halogens is 3. The maximum Gasteiger partial charge on any atom is 0.416 e. The lowest BCUT2D eigenvalue weighted by Crippen LogP contribution is -2.05. The summed E-state index contributed by atoms with van der Waals surface area (Å²) in [5.41, 5.74) is 10.2. The number of fused-ring (bicyclic) bond motifs is 6. The second-order valence-corrected chi connectivity index (χ2v) is 17.2. The van der Waals surface area contributed by atoms with Crippen LogP contribution >= 0.6 is 0 Å². The quantitative estimate of drug-likeness (QED) is 0.162. The highest BCUT2D eigenvalue weighted by atomic mass is 19.4. The largest absolute Gasteiger partial charge is 0.416 e. The fraction of sp³-hybridized carbons (Fsp3) is 0.0164. The number of para-hydroxylation sites is 2. The molecule has 0 aliphatic rings. The highest BCUT2D eigenvalue weighted by molar-refractivity contribution is 6.13. The zero-order chi connectivity index (χ0) is 49.8. The predicted molar refractivity (Wildman–Crippen MR) is 270 cm³/mol. The van der Waals surface area contributed by atoms with Gasteiger partial charge in [0.15, 0.2) is 0 Å². The minimum Gasteiger partial charge on any atom is -0.309 e. The van der Waals surface area contributed by atoms with Crippen LogP contribution in [0.1, 0.15) is 38.9 Å². The molecule has 0 saturated heterocycles. The average Bonchev–Trinajstić information content (AvgIpc) is 3.93. The summed E-state index contributed by atoms with van der Waals surface area (Å²) in [5, 5.41) is 63.5. The molecule has 0 bridgehead atoms. The van der Waals surface area contributed by atoms with E-state index in [9.17, 15) is 44.7 Å². The zero-order valence-corrected chi connectivity index (χ0v) is 37.5. The number of benzene rings is 9. The first-order valence-corrected chi connectivity index (χ1v) is 22.3. The molecule has 0 spiro atoms. The van der Waals surface area contributed by atoms with Crippen molar-refractivity contribution in [1.29, 1.82) is 31.6 Å². The third-order valence-corrected chi connectivity index (χ3v) is 13.1. The van der Waals surface area contributed by atoms with Crippen molar-refractivity contribution in [2.75, 3.05) is 0 Å². The van der Waals surface area contributed by atoms with E-state index in [0.717, 1.165) is 66.9 Å². The summed E-state index contributed by atoms with van der Waals surface area (Å²) in [6, 6.07) is 64.6. The van der Waals surface area contributed by atoms with Crippen LogP contribution in [-0.2, 0) is 6.18 Å². The average molecular weight is 931 g/mol. The van der Waals surface area contributed by atoms with Crippen molar-refractivity contribution in [3.8, 4) is 92.3 Å². The fourth-order valence-electron chi connectivity index (χ4n) is 9.86. The summed E-state index contributed by atoms with van der Waals surface area (Å²) >= 11 is 0. The molecule has 11 heteroatoms. The van der Waals surface area contributed by atoms with Crippen LogP contribution in [0.15, 0.2) is 176 Å². The van der Waals surface area contributed by atoms with Crippen molar-refractivity contribution >= 4 is 43.6 Å². The molecule has 8 nitrogen and oxygen atoms in total. The molecule has 11 aromatic rings. The Morgan fingerprint density at radius 3 is 1.29 bits per heavy atom. The number of nitriles is 6. The molecule has 72 heavy (non-hydrogen) atoms. The van der Waals surface area contributed by atoms with Crippen molar-refractivity contribution < 1.29 is 13.2 Å². The normalized spacial score (nSPS) is 11.2. The van der Waals surface area contributed by atoms with Crippen LogP contribution in [0.5, 0.6) is 0 Å². The van der Waals surface area contributed by atoms with Crippen molar-refractivity contribution in [3.05, 3.63) is 215 Å². The van der Waals surface area contributed by atoms with Gasteiger partial charge in [-0.3, -0.25) is 0 Å². The van der Waals surface area contributed by atoms with E-state index in [1.165, 1.54) is 6.07 Å². The number of rotatable bonds is 6. The number of hydrogen-bond donors (Lipinski definition) is 0. The van der Waals surface area contributed by atoms with Gasteiger partial charge in [0.2, 0.25) is 0 Å². The van der Waals surface area contributed by atoms with Gasteiger partial charge in [0.25, 0.3) is 0 Å². The molecule has 0 atom stereocenters. The van der Waals surface area contributed by atoms with Gasteiger partial charge in [-0.25, -0.2) is 0 Å². The topological polar surface area (TPSA) is 153 Å². The second kappa shape index (κ2) is 17.1. The van der Waals surface area contributed by atoms with Gasteiger partial charge in [-0.1, -0.05) is 66.7 Å². The summed E-state index contributed by atoms with van der Waals surface area (Å²) in [6.45, 7) is 0. The molecule has 9 aromatic carbocycles. The van der Waals surface area contributed by atoms with Crippen molar-refractivity contribution in [2.45, 2.75) is 6.18 Å². The Bertz CT molecular complexity index is 4350. The summed E-state index contributed by atoms with van der Waals surface area (Å²) in [7, 11) is 0. The van der Waals surface area contributed by atoms with Crippen LogP contribution in [-0.4, -0.2) is 9.13 Å². The Morgan fingerprint density at radius 2 is 0.792 bits per heavy atom. The SMILES string of the molecule is N#Cc1cc(C#N)cc(-c2ccc3c(c2)c2ccccc2n3-c2ccc(-c3ccc(C(F)(F)F)cc3C#N)cc2-c2ccc(C#N)cc2-n2c3ccccc3c3cc(-c4cc(C#N)cc(C#N)c4)ccc32)c1. The van der Waals surface area contributed by atoms with Gasteiger partial charge >= 0.3 is 6.18 Å². The summed E-state index contributed by atoms with van der Waals surface area (Å²) in [5.74, 6) is 0. The summed E-state index contributed by atoms with van der Waals surface area (Å²) in [6.07, 6.45) is -4.67. The molecular weight excluding hydrogens is 902 g/mol. The van der Waals surface area contributed by atoms with Crippen molar-refractivity contribution in [1.82, 2.24) is 9.13 Å². The molecule has 0 aliphatic carbocycles. The van der Waals surface area contributed by atoms with Gasteiger partial charge in [-0.15, -0.1) is 0 Å². The molecule has 334 valence electrons. The number of nitrogens with zero attached hydrogens (tertiary/aromatic N) is 8. The van der Waals surface area contributed by atoms with Gasteiger partial charge in [-0.2, -0.15) is 44.7 Å². The van der Waals surface area contributed by atoms with E-state index in [1.807, 2.05) is 115 Å². The van der Waals surface area contributed by atoms with Crippen LogP contribution < -0.4 is 0 Å². The smallest absolute Gasteiger partial charge is 0.309 e. The Kier molecular flexibility index (Phi) is 10.4. The highest BCUT2D eigenvalue weighted by Gasteiger charge is 2.31. The van der Waals surface area contributed by atoms with E-state index in [0.29, 0.717) is 72.6 Å². The maximum atomic E-state index is 14.0. The van der Waals surface area contributed by atoms with Crippen LogP contribution in [0.2, 0.25) is 0 Å².